The molecule has 1 heterocycles. The lowest BCUT2D eigenvalue weighted by molar-refractivity contribution is 0.0683. The van der Waals surface area contributed by atoms with E-state index in [1.807, 2.05) is 11.8 Å². The lowest BCUT2D eigenvalue weighted by Crippen LogP contribution is -2.39. The van der Waals surface area contributed by atoms with Crippen molar-refractivity contribution in [3.63, 3.8) is 0 Å². The van der Waals surface area contributed by atoms with Crippen molar-refractivity contribution >= 4 is 11.6 Å². The summed E-state index contributed by atoms with van der Waals surface area (Å²) in [6.07, 6.45) is 2.19. The first kappa shape index (κ1) is 13.8. The number of benzene rings is 1. The van der Waals surface area contributed by atoms with Crippen LogP contribution in [0.2, 0.25) is 0 Å². The SMILES string of the molecule is CCNc1c(F)cccc1C(=O)N1CCCC(C)C1. The van der Waals surface area contributed by atoms with Gasteiger partial charge in [0.2, 0.25) is 0 Å². The van der Waals surface area contributed by atoms with E-state index in [4.69, 9.17) is 0 Å². The van der Waals surface area contributed by atoms with Crippen LogP contribution in [0.4, 0.5) is 10.1 Å². The molecule has 19 heavy (non-hydrogen) atoms. The van der Waals surface area contributed by atoms with Crippen LogP contribution in [0.1, 0.15) is 37.0 Å². The van der Waals surface area contributed by atoms with Gasteiger partial charge in [-0.3, -0.25) is 4.79 Å². The molecule has 1 saturated heterocycles. The number of anilines is 1. The second-order valence-electron chi connectivity index (χ2n) is 5.19. The van der Waals surface area contributed by atoms with Gasteiger partial charge in [0.05, 0.1) is 11.3 Å². The number of hydrogen-bond donors (Lipinski definition) is 1. The Labute approximate surface area is 113 Å². The minimum atomic E-state index is -0.363. The zero-order chi connectivity index (χ0) is 13.8. The molecule has 0 spiro atoms. The molecule has 0 aliphatic carbocycles. The maximum absolute atomic E-state index is 13.8. The Morgan fingerprint density at radius 1 is 1.53 bits per heavy atom. The molecule has 1 atom stereocenters. The Morgan fingerprint density at radius 3 is 3.00 bits per heavy atom. The van der Waals surface area contributed by atoms with E-state index < -0.39 is 0 Å². The third-order valence-electron chi connectivity index (χ3n) is 3.54. The van der Waals surface area contributed by atoms with E-state index in [1.165, 1.54) is 6.07 Å². The molecule has 1 aromatic carbocycles. The van der Waals surface area contributed by atoms with Gasteiger partial charge in [-0.05, 0) is 37.8 Å². The number of piperidine rings is 1. The monoisotopic (exact) mass is 264 g/mol. The largest absolute Gasteiger partial charge is 0.382 e. The Balaban J connectivity index is 2.25. The fraction of sp³-hybridized carbons (Fsp3) is 0.533. The molecule has 1 fully saturated rings. The summed E-state index contributed by atoms with van der Waals surface area (Å²) in [5.74, 6) is 0.0913. The van der Waals surface area contributed by atoms with E-state index in [-0.39, 0.29) is 11.7 Å². The van der Waals surface area contributed by atoms with E-state index in [9.17, 15) is 9.18 Å². The first-order valence-electron chi connectivity index (χ1n) is 6.95. The Bertz CT molecular complexity index is 461. The van der Waals surface area contributed by atoms with Crippen LogP contribution in [-0.4, -0.2) is 30.4 Å². The predicted molar refractivity (Wildman–Crippen MR) is 74.9 cm³/mol. The van der Waals surface area contributed by atoms with E-state index in [0.717, 1.165) is 25.9 Å². The molecule has 1 aliphatic rings. The topological polar surface area (TPSA) is 32.3 Å². The number of amides is 1. The van der Waals surface area contributed by atoms with Crippen LogP contribution < -0.4 is 5.32 Å². The standard InChI is InChI=1S/C15H21FN2O/c1-3-17-14-12(7-4-8-13(14)16)15(19)18-9-5-6-11(2)10-18/h4,7-8,11,17H,3,5-6,9-10H2,1-2H3. The van der Waals surface area contributed by atoms with Crippen molar-refractivity contribution in [3.8, 4) is 0 Å². The molecule has 0 bridgehead atoms. The summed E-state index contributed by atoms with van der Waals surface area (Å²) < 4.78 is 13.8. The summed E-state index contributed by atoms with van der Waals surface area (Å²) >= 11 is 0. The normalized spacial score (nSPS) is 19.3. The van der Waals surface area contributed by atoms with Crippen LogP contribution >= 0.6 is 0 Å². The number of carbonyl (C=O) groups is 1. The first-order valence-corrected chi connectivity index (χ1v) is 6.95. The second kappa shape index (κ2) is 6.04. The molecule has 104 valence electrons. The smallest absolute Gasteiger partial charge is 0.256 e. The summed E-state index contributed by atoms with van der Waals surface area (Å²) in [6, 6.07) is 4.67. The zero-order valence-corrected chi connectivity index (χ0v) is 11.6. The molecule has 0 radical (unpaired) electrons. The first-order chi connectivity index (χ1) is 9.13. The number of carbonyl (C=O) groups excluding carboxylic acids is 1. The minimum Gasteiger partial charge on any atom is -0.382 e. The van der Waals surface area contributed by atoms with Crippen LogP contribution in [0.3, 0.4) is 0 Å². The molecule has 0 aromatic heterocycles. The third-order valence-corrected chi connectivity index (χ3v) is 3.54. The Kier molecular flexibility index (Phi) is 4.40. The molecule has 4 heteroatoms. The van der Waals surface area contributed by atoms with E-state index in [0.29, 0.717) is 23.7 Å². The summed E-state index contributed by atoms with van der Waals surface area (Å²) in [7, 11) is 0. The van der Waals surface area contributed by atoms with Gasteiger partial charge in [-0.2, -0.15) is 0 Å². The van der Waals surface area contributed by atoms with E-state index >= 15 is 0 Å². The quantitative estimate of drug-likeness (QED) is 0.909. The highest BCUT2D eigenvalue weighted by Gasteiger charge is 2.24. The minimum absolute atomic E-state index is 0.0676. The predicted octanol–water partition coefficient (Wildman–Crippen LogP) is 3.13. The maximum atomic E-state index is 13.8. The molecule has 3 nitrogen and oxygen atoms in total. The molecule has 2 rings (SSSR count). The fourth-order valence-corrected chi connectivity index (χ4v) is 2.60. The summed E-state index contributed by atoms with van der Waals surface area (Å²) in [4.78, 5) is 14.3. The number of para-hydroxylation sites is 1. The molecule has 1 unspecified atom stereocenters. The van der Waals surface area contributed by atoms with Gasteiger partial charge in [0, 0.05) is 19.6 Å². The molecular formula is C15H21FN2O. The van der Waals surface area contributed by atoms with Crippen LogP contribution in [0.5, 0.6) is 0 Å². The van der Waals surface area contributed by atoms with Crippen molar-refractivity contribution < 1.29 is 9.18 Å². The number of hydrogen-bond acceptors (Lipinski definition) is 2. The van der Waals surface area contributed by atoms with Crippen molar-refractivity contribution in [2.75, 3.05) is 25.0 Å². The lowest BCUT2D eigenvalue weighted by Gasteiger charge is -2.31. The number of nitrogens with zero attached hydrogens (tertiary/aromatic N) is 1. The number of rotatable bonds is 3. The van der Waals surface area contributed by atoms with Gasteiger partial charge in [-0.1, -0.05) is 13.0 Å². The molecule has 1 N–H and O–H groups in total. The van der Waals surface area contributed by atoms with Crippen molar-refractivity contribution in [1.29, 1.82) is 0 Å². The molecule has 0 saturated carbocycles. The molecule has 1 aliphatic heterocycles. The summed E-state index contributed by atoms with van der Waals surface area (Å²) in [5.41, 5.74) is 0.768. The van der Waals surface area contributed by atoms with Gasteiger partial charge >= 0.3 is 0 Å². The lowest BCUT2D eigenvalue weighted by atomic mass is 9.99. The van der Waals surface area contributed by atoms with Crippen LogP contribution in [0, 0.1) is 11.7 Å². The highest BCUT2D eigenvalue weighted by atomic mass is 19.1. The molecular weight excluding hydrogens is 243 g/mol. The van der Waals surface area contributed by atoms with Gasteiger partial charge in [0.15, 0.2) is 0 Å². The highest BCUT2D eigenvalue weighted by Crippen LogP contribution is 2.24. The Hall–Kier alpha value is -1.58. The van der Waals surface area contributed by atoms with Crippen LogP contribution in [0.15, 0.2) is 18.2 Å². The van der Waals surface area contributed by atoms with Gasteiger partial charge in [0.25, 0.3) is 5.91 Å². The average molecular weight is 264 g/mol. The van der Waals surface area contributed by atoms with Gasteiger partial charge in [-0.25, -0.2) is 4.39 Å². The van der Waals surface area contributed by atoms with Crippen molar-refractivity contribution in [2.45, 2.75) is 26.7 Å². The summed E-state index contributed by atoms with van der Waals surface area (Å²) in [6.45, 7) is 6.17. The zero-order valence-electron chi connectivity index (χ0n) is 11.6. The Morgan fingerprint density at radius 2 is 2.32 bits per heavy atom. The van der Waals surface area contributed by atoms with Gasteiger partial charge in [-0.15, -0.1) is 0 Å². The maximum Gasteiger partial charge on any atom is 0.256 e. The highest BCUT2D eigenvalue weighted by molar-refractivity contribution is 5.99. The van der Waals surface area contributed by atoms with Crippen molar-refractivity contribution in [2.24, 2.45) is 5.92 Å². The molecule has 1 amide bonds. The van der Waals surface area contributed by atoms with E-state index in [2.05, 4.69) is 12.2 Å². The van der Waals surface area contributed by atoms with Gasteiger partial charge in [0.1, 0.15) is 5.82 Å². The van der Waals surface area contributed by atoms with Crippen molar-refractivity contribution in [3.05, 3.63) is 29.6 Å². The third kappa shape index (κ3) is 3.06. The fourth-order valence-electron chi connectivity index (χ4n) is 2.60. The van der Waals surface area contributed by atoms with Gasteiger partial charge < -0.3 is 10.2 Å². The number of nitrogens with one attached hydrogen (secondary N) is 1. The molecule has 1 aromatic rings. The summed E-state index contributed by atoms with van der Waals surface area (Å²) in [5, 5.41) is 2.95. The van der Waals surface area contributed by atoms with Crippen LogP contribution in [-0.2, 0) is 0 Å². The van der Waals surface area contributed by atoms with Crippen molar-refractivity contribution in [1.82, 2.24) is 4.90 Å². The van der Waals surface area contributed by atoms with E-state index in [1.54, 1.807) is 12.1 Å². The number of halogens is 1. The second-order valence-corrected chi connectivity index (χ2v) is 5.19. The number of likely N-dealkylation sites (tertiary alicyclic amines) is 1. The van der Waals surface area contributed by atoms with Crippen LogP contribution in [0.25, 0.3) is 0 Å². The average Bonchev–Trinajstić information content (AvgIpc) is 2.40.